The average molecular weight is 366 g/mol. The summed E-state index contributed by atoms with van der Waals surface area (Å²) in [5.41, 5.74) is 1.37. The van der Waals surface area contributed by atoms with E-state index in [1.54, 1.807) is 6.08 Å². The van der Waals surface area contributed by atoms with Gasteiger partial charge in [0, 0.05) is 6.04 Å². The van der Waals surface area contributed by atoms with Crippen molar-refractivity contribution in [1.29, 1.82) is 0 Å². The lowest BCUT2D eigenvalue weighted by molar-refractivity contribution is -0.124. The summed E-state index contributed by atoms with van der Waals surface area (Å²) in [4.78, 5) is 12.6. The number of rotatable bonds is 4. The molecule has 1 N–H and O–H groups in total. The summed E-state index contributed by atoms with van der Waals surface area (Å²) in [7, 11) is 0. The van der Waals surface area contributed by atoms with Crippen molar-refractivity contribution < 1.29 is 4.79 Å². The second kappa shape index (κ2) is 7.09. The van der Waals surface area contributed by atoms with E-state index in [0.29, 0.717) is 12.0 Å². The zero-order valence-electron chi connectivity index (χ0n) is 14.3. The molecule has 4 heteroatoms. The molecule has 0 aromatic heterocycles. The maximum Gasteiger partial charge on any atom is 0.224 e. The van der Waals surface area contributed by atoms with Gasteiger partial charge in [0.05, 0.1) is 5.92 Å². The van der Waals surface area contributed by atoms with Crippen LogP contribution in [-0.4, -0.2) is 11.9 Å². The van der Waals surface area contributed by atoms with E-state index in [2.05, 4.69) is 49.5 Å². The molecule has 0 spiro atoms. The van der Waals surface area contributed by atoms with Crippen LogP contribution in [0.15, 0.2) is 40.9 Å². The van der Waals surface area contributed by atoms with E-state index < -0.39 is 0 Å². The molecule has 0 unspecified atom stereocenters. The number of amides is 1. The summed E-state index contributed by atoms with van der Waals surface area (Å²) in [6.07, 6.45) is 6.18. The Morgan fingerprint density at radius 2 is 1.75 bits per heavy atom. The number of halogens is 2. The van der Waals surface area contributed by atoms with Crippen molar-refractivity contribution in [1.82, 2.24) is 5.32 Å². The summed E-state index contributed by atoms with van der Waals surface area (Å²) in [5.74, 6) is 0.904. The molecule has 2 saturated carbocycles. The molecule has 2 aliphatic carbocycles. The van der Waals surface area contributed by atoms with Crippen LogP contribution >= 0.6 is 23.2 Å². The summed E-state index contributed by atoms with van der Waals surface area (Å²) in [6, 6.07) is 11.0. The lowest BCUT2D eigenvalue weighted by Gasteiger charge is -2.29. The zero-order valence-corrected chi connectivity index (χ0v) is 15.8. The highest BCUT2D eigenvalue weighted by atomic mass is 35.5. The van der Waals surface area contributed by atoms with E-state index >= 15 is 0 Å². The number of benzene rings is 1. The Labute approximate surface area is 154 Å². The van der Waals surface area contributed by atoms with Gasteiger partial charge in [-0.15, -0.1) is 0 Å². The predicted molar refractivity (Wildman–Crippen MR) is 100 cm³/mol. The van der Waals surface area contributed by atoms with Crippen LogP contribution in [0.1, 0.15) is 51.0 Å². The Kier molecular flexibility index (Phi) is 5.27. The van der Waals surface area contributed by atoms with Gasteiger partial charge in [-0.2, -0.15) is 0 Å². The third-order valence-corrected chi connectivity index (χ3v) is 6.10. The van der Waals surface area contributed by atoms with Gasteiger partial charge in [0.2, 0.25) is 5.91 Å². The van der Waals surface area contributed by atoms with Gasteiger partial charge < -0.3 is 5.32 Å². The van der Waals surface area contributed by atoms with Crippen LogP contribution in [0.2, 0.25) is 0 Å². The molecule has 0 aliphatic heterocycles. The standard InChI is InChI=1S/C20H25Cl2NO/c1-20(2)16(12-17(21)22)18(20)19(24)23-15-10-8-14(9-11-15)13-6-4-3-5-7-13/h3-7,12,14-16,18H,8-11H2,1-2H3,(H,23,24)/t14?,15?,16-,18+/m0/s1. The van der Waals surface area contributed by atoms with E-state index in [0.717, 1.165) is 25.7 Å². The van der Waals surface area contributed by atoms with Crippen molar-refractivity contribution in [2.75, 3.05) is 0 Å². The largest absolute Gasteiger partial charge is 0.353 e. The van der Waals surface area contributed by atoms with Gasteiger partial charge in [-0.05, 0) is 54.6 Å². The summed E-state index contributed by atoms with van der Waals surface area (Å²) < 4.78 is 0.256. The number of allylic oxidation sites excluding steroid dienone is 1. The minimum Gasteiger partial charge on any atom is -0.353 e. The molecular weight excluding hydrogens is 341 g/mol. The van der Waals surface area contributed by atoms with Gasteiger partial charge in [0.1, 0.15) is 4.49 Å². The van der Waals surface area contributed by atoms with Gasteiger partial charge in [-0.25, -0.2) is 0 Å². The monoisotopic (exact) mass is 365 g/mol. The molecule has 2 aliphatic rings. The molecule has 2 fully saturated rings. The second-order valence-electron chi connectivity index (χ2n) is 7.75. The topological polar surface area (TPSA) is 29.1 Å². The molecular formula is C20H25Cl2NO. The van der Waals surface area contributed by atoms with E-state index in [-0.39, 0.29) is 27.6 Å². The van der Waals surface area contributed by atoms with Crippen LogP contribution in [0.3, 0.4) is 0 Å². The summed E-state index contributed by atoms with van der Waals surface area (Å²) in [6.45, 7) is 4.20. The highest BCUT2D eigenvalue weighted by Crippen LogP contribution is 2.59. The first kappa shape index (κ1) is 17.8. The molecule has 0 saturated heterocycles. The Morgan fingerprint density at radius 3 is 2.33 bits per heavy atom. The minimum absolute atomic E-state index is 0.0168. The van der Waals surface area contributed by atoms with Crippen LogP contribution in [0.25, 0.3) is 0 Å². The molecule has 2 atom stereocenters. The third kappa shape index (κ3) is 3.81. The number of nitrogens with one attached hydrogen (secondary N) is 1. The average Bonchev–Trinajstić information content (AvgIpc) is 3.08. The molecule has 1 amide bonds. The molecule has 1 aromatic rings. The predicted octanol–water partition coefficient (Wildman–Crippen LogP) is 5.42. The molecule has 0 bridgehead atoms. The fraction of sp³-hybridized carbons (Fsp3) is 0.550. The fourth-order valence-corrected chi connectivity index (χ4v) is 4.48. The van der Waals surface area contributed by atoms with Crippen LogP contribution in [0, 0.1) is 17.3 Å². The number of hydrogen-bond donors (Lipinski definition) is 1. The first-order valence-electron chi connectivity index (χ1n) is 8.77. The summed E-state index contributed by atoms with van der Waals surface area (Å²) >= 11 is 11.5. The highest BCUT2D eigenvalue weighted by Gasteiger charge is 2.60. The van der Waals surface area contributed by atoms with Crippen LogP contribution in [0.5, 0.6) is 0 Å². The van der Waals surface area contributed by atoms with Crippen molar-refractivity contribution in [3.63, 3.8) is 0 Å². The highest BCUT2D eigenvalue weighted by molar-refractivity contribution is 6.55. The van der Waals surface area contributed by atoms with E-state index in [9.17, 15) is 4.79 Å². The van der Waals surface area contributed by atoms with Crippen LogP contribution < -0.4 is 5.32 Å². The Morgan fingerprint density at radius 1 is 1.12 bits per heavy atom. The number of carbonyl (C=O) groups excluding carboxylic acids is 1. The number of hydrogen-bond acceptors (Lipinski definition) is 1. The molecule has 0 heterocycles. The smallest absolute Gasteiger partial charge is 0.224 e. The maximum absolute atomic E-state index is 12.6. The molecule has 2 nitrogen and oxygen atoms in total. The van der Waals surface area contributed by atoms with Crippen molar-refractivity contribution in [3.8, 4) is 0 Å². The molecule has 3 rings (SSSR count). The minimum atomic E-state index is -0.0552. The first-order chi connectivity index (χ1) is 11.4. The van der Waals surface area contributed by atoms with E-state index in [4.69, 9.17) is 23.2 Å². The second-order valence-corrected chi connectivity index (χ2v) is 8.76. The van der Waals surface area contributed by atoms with Crippen molar-refractivity contribution >= 4 is 29.1 Å². The van der Waals surface area contributed by atoms with Gasteiger partial charge in [0.25, 0.3) is 0 Å². The zero-order chi connectivity index (χ0) is 17.3. The maximum atomic E-state index is 12.6. The first-order valence-corrected chi connectivity index (χ1v) is 9.53. The molecule has 1 aromatic carbocycles. The SMILES string of the molecule is CC1(C)[C@@H](C=C(Cl)Cl)[C@@H]1C(=O)NC1CCC(c2ccccc2)CC1. The summed E-state index contributed by atoms with van der Waals surface area (Å²) in [5, 5.41) is 3.26. The molecule has 0 radical (unpaired) electrons. The van der Waals surface area contributed by atoms with Gasteiger partial charge in [-0.1, -0.05) is 67.4 Å². The van der Waals surface area contributed by atoms with E-state index in [1.165, 1.54) is 5.56 Å². The van der Waals surface area contributed by atoms with E-state index in [1.807, 2.05) is 0 Å². The van der Waals surface area contributed by atoms with Crippen molar-refractivity contribution in [2.24, 2.45) is 17.3 Å². The number of carbonyl (C=O) groups is 1. The fourth-order valence-electron chi connectivity index (χ4n) is 4.21. The third-order valence-electron chi connectivity index (χ3n) is 5.84. The van der Waals surface area contributed by atoms with Gasteiger partial charge in [0.15, 0.2) is 0 Å². The van der Waals surface area contributed by atoms with Crippen molar-refractivity contribution in [2.45, 2.75) is 51.5 Å². The Hall–Kier alpha value is -0.990. The Bertz CT molecular complexity index is 614. The molecule has 130 valence electrons. The van der Waals surface area contributed by atoms with Crippen LogP contribution in [0.4, 0.5) is 0 Å². The van der Waals surface area contributed by atoms with Crippen molar-refractivity contribution in [3.05, 3.63) is 46.5 Å². The normalized spacial score (nSPS) is 31.2. The van der Waals surface area contributed by atoms with Gasteiger partial charge >= 0.3 is 0 Å². The molecule has 24 heavy (non-hydrogen) atoms. The quantitative estimate of drug-likeness (QED) is 0.757. The van der Waals surface area contributed by atoms with Crippen LogP contribution in [-0.2, 0) is 4.79 Å². The lowest BCUT2D eigenvalue weighted by atomic mass is 9.81. The Balaban J connectivity index is 1.52. The lowest BCUT2D eigenvalue weighted by Crippen LogP contribution is -2.39. The van der Waals surface area contributed by atoms with Gasteiger partial charge in [-0.3, -0.25) is 4.79 Å².